The van der Waals surface area contributed by atoms with Crippen LogP contribution in [0.3, 0.4) is 0 Å². The van der Waals surface area contributed by atoms with Crippen molar-refractivity contribution in [2.45, 2.75) is 19.9 Å². The minimum atomic E-state index is -1.03. The number of hydrogen-bond acceptors (Lipinski definition) is 5. The van der Waals surface area contributed by atoms with E-state index in [-0.39, 0.29) is 22.2 Å². The summed E-state index contributed by atoms with van der Waals surface area (Å²) >= 11 is 0. The van der Waals surface area contributed by atoms with Gasteiger partial charge in [0.05, 0.1) is 17.1 Å². The van der Waals surface area contributed by atoms with Crippen molar-refractivity contribution in [3.05, 3.63) is 95.3 Å². The Kier molecular flexibility index (Phi) is 8.01. The van der Waals surface area contributed by atoms with Gasteiger partial charge in [-0.3, -0.25) is 15.0 Å². The summed E-state index contributed by atoms with van der Waals surface area (Å²) in [6, 6.07) is 18.8. The third-order valence-electron chi connectivity index (χ3n) is 4.24. The SMILES string of the molecule is Cc1ccc(C(=NC(C)C(=O)O)c2ccccc2)c(N=C([O-])c2ccccn2)c1.[Ni]. The predicted molar refractivity (Wildman–Crippen MR) is 111 cm³/mol. The fraction of sp³-hybridized carbons (Fsp3) is 0.130. The van der Waals surface area contributed by atoms with Gasteiger partial charge >= 0.3 is 5.97 Å². The molecule has 3 rings (SSSR count). The molecule has 1 unspecified atom stereocenters. The van der Waals surface area contributed by atoms with Gasteiger partial charge in [0.25, 0.3) is 0 Å². The molecule has 2 aromatic carbocycles. The average Bonchev–Trinajstić information content (AvgIpc) is 2.73. The summed E-state index contributed by atoms with van der Waals surface area (Å²) < 4.78 is 0. The van der Waals surface area contributed by atoms with Crippen molar-refractivity contribution in [1.82, 2.24) is 4.98 Å². The topological polar surface area (TPSA) is 98.0 Å². The third kappa shape index (κ3) is 5.61. The molecule has 156 valence electrons. The number of aliphatic imine (C=N–C) groups is 2. The second-order valence-corrected chi connectivity index (χ2v) is 6.51. The summed E-state index contributed by atoms with van der Waals surface area (Å²) in [4.78, 5) is 24.1. The van der Waals surface area contributed by atoms with E-state index in [0.29, 0.717) is 17.0 Å². The van der Waals surface area contributed by atoms with Gasteiger partial charge in [0.15, 0.2) is 0 Å². The van der Waals surface area contributed by atoms with Gasteiger partial charge in [-0.25, -0.2) is 4.79 Å². The van der Waals surface area contributed by atoms with Gasteiger partial charge in [-0.05, 0) is 37.6 Å². The Balaban J connectivity index is 0.00000320. The number of carboxylic acids is 1. The van der Waals surface area contributed by atoms with Crippen molar-refractivity contribution < 1.29 is 31.5 Å². The van der Waals surface area contributed by atoms with E-state index in [1.165, 1.54) is 13.1 Å². The summed E-state index contributed by atoms with van der Waals surface area (Å²) in [6.07, 6.45) is 1.53. The molecule has 30 heavy (non-hydrogen) atoms. The molecule has 0 saturated heterocycles. The molecule has 0 fully saturated rings. The van der Waals surface area contributed by atoms with Crippen molar-refractivity contribution >= 4 is 23.3 Å². The molecule has 6 nitrogen and oxygen atoms in total. The minimum absolute atomic E-state index is 0. The zero-order valence-electron chi connectivity index (χ0n) is 16.4. The number of aromatic nitrogens is 1. The van der Waals surface area contributed by atoms with Gasteiger partial charge < -0.3 is 10.2 Å². The van der Waals surface area contributed by atoms with Crippen LogP contribution in [0.4, 0.5) is 5.69 Å². The molecule has 0 spiro atoms. The number of aliphatic carboxylic acids is 1. The number of nitrogens with zero attached hydrogens (tertiary/aromatic N) is 3. The number of benzene rings is 2. The molecule has 1 aromatic heterocycles. The zero-order chi connectivity index (χ0) is 20.8. The largest absolute Gasteiger partial charge is 0.857 e. The van der Waals surface area contributed by atoms with Crippen LogP contribution in [0, 0.1) is 6.92 Å². The van der Waals surface area contributed by atoms with E-state index < -0.39 is 17.9 Å². The van der Waals surface area contributed by atoms with E-state index >= 15 is 0 Å². The maximum atomic E-state index is 12.6. The van der Waals surface area contributed by atoms with E-state index in [1.807, 2.05) is 43.3 Å². The molecular formula is C23H20N3NiO3-. The minimum Gasteiger partial charge on any atom is -0.857 e. The summed E-state index contributed by atoms with van der Waals surface area (Å²) in [5.41, 5.74) is 3.36. The smallest absolute Gasteiger partial charge is 0.328 e. The molecule has 7 heteroatoms. The second-order valence-electron chi connectivity index (χ2n) is 6.51. The summed E-state index contributed by atoms with van der Waals surface area (Å²) in [5, 5.41) is 21.9. The maximum Gasteiger partial charge on any atom is 0.328 e. The van der Waals surface area contributed by atoms with Crippen LogP contribution >= 0.6 is 0 Å². The Bertz CT molecular complexity index is 1070. The second kappa shape index (κ2) is 10.5. The molecule has 0 aliphatic rings. The fourth-order valence-corrected chi connectivity index (χ4v) is 2.73. The number of carboxylic acid groups (broad SMARTS) is 1. The number of carbonyl (C=O) groups is 1. The maximum absolute atomic E-state index is 12.6. The standard InChI is InChI=1S/C23H21N3O3.Ni/c1-15-11-12-18(20(14-15)26-22(27)19-10-6-7-13-24-19)21(25-16(2)23(28)29)17-8-4-3-5-9-17;/h3-14,16H,1-2H3,(H,26,27)(H,28,29);/p-1. The zero-order valence-corrected chi connectivity index (χ0v) is 17.4. The first-order valence-corrected chi connectivity index (χ1v) is 9.10. The van der Waals surface area contributed by atoms with Gasteiger partial charge in [-0.1, -0.05) is 48.5 Å². The van der Waals surface area contributed by atoms with Gasteiger partial charge in [0.1, 0.15) is 6.04 Å². The van der Waals surface area contributed by atoms with Crippen molar-refractivity contribution in [2.75, 3.05) is 0 Å². The molecule has 0 bridgehead atoms. The van der Waals surface area contributed by atoms with Crippen LogP contribution in [0.25, 0.3) is 0 Å². The van der Waals surface area contributed by atoms with Gasteiger partial charge in [0, 0.05) is 39.7 Å². The molecule has 0 aliphatic carbocycles. The molecule has 0 saturated carbocycles. The van der Waals surface area contributed by atoms with Crippen LogP contribution in [-0.4, -0.2) is 33.7 Å². The van der Waals surface area contributed by atoms with Crippen LogP contribution in [0.15, 0.2) is 82.9 Å². The number of rotatable bonds is 6. The Morgan fingerprint density at radius 2 is 1.77 bits per heavy atom. The van der Waals surface area contributed by atoms with Gasteiger partial charge in [0.2, 0.25) is 0 Å². The third-order valence-corrected chi connectivity index (χ3v) is 4.24. The predicted octanol–water partition coefficient (Wildman–Crippen LogP) is 3.14. The van der Waals surface area contributed by atoms with Crippen LogP contribution < -0.4 is 5.11 Å². The van der Waals surface area contributed by atoms with E-state index in [0.717, 1.165) is 11.1 Å². The number of aryl methyl sites for hydroxylation is 1. The molecule has 0 amide bonds. The normalized spacial score (nSPS) is 12.7. The fourth-order valence-electron chi connectivity index (χ4n) is 2.73. The molecule has 0 radical (unpaired) electrons. The summed E-state index contributed by atoms with van der Waals surface area (Å²) in [5.74, 6) is -1.51. The Labute approximate surface area is 185 Å². The first kappa shape index (κ1) is 23.0. The van der Waals surface area contributed by atoms with Gasteiger partial charge in [-0.15, -0.1) is 0 Å². The molecule has 1 N–H and O–H groups in total. The van der Waals surface area contributed by atoms with Crippen LogP contribution in [0.2, 0.25) is 0 Å². The van der Waals surface area contributed by atoms with Crippen molar-refractivity contribution in [1.29, 1.82) is 0 Å². The first-order valence-electron chi connectivity index (χ1n) is 9.10. The monoisotopic (exact) mass is 444 g/mol. The van der Waals surface area contributed by atoms with Crippen molar-refractivity contribution in [2.24, 2.45) is 9.98 Å². The average molecular weight is 445 g/mol. The van der Waals surface area contributed by atoms with E-state index in [2.05, 4.69) is 15.0 Å². The van der Waals surface area contributed by atoms with Crippen LogP contribution in [0.1, 0.15) is 29.3 Å². The summed E-state index contributed by atoms with van der Waals surface area (Å²) in [7, 11) is 0. The van der Waals surface area contributed by atoms with Crippen molar-refractivity contribution in [3.8, 4) is 0 Å². The van der Waals surface area contributed by atoms with E-state index in [9.17, 15) is 15.0 Å². The van der Waals surface area contributed by atoms with E-state index in [4.69, 9.17) is 0 Å². The molecule has 0 aliphatic heterocycles. The Morgan fingerprint density at radius 1 is 1.07 bits per heavy atom. The summed E-state index contributed by atoms with van der Waals surface area (Å²) in [6.45, 7) is 3.41. The quantitative estimate of drug-likeness (QED) is 0.358. The number of pyridine rings is 1. The first-order chi connectivity index (χ1) is 14.0. The van der Waals surface area contributed by atoms with Gasteiger partial charge in [-0.2, -0.15) is 0 Å². The molecule has 1 atom stereocenters. The molecule has 3 aromatic rings. The molecular weight excluding hydrogens is 425 g/mol. The van der Waals surface area contributed by atoms with Crippen LogP contribution in [0.5, 0.6) is 0 Å². The van der Waals surface area contributed by atoms with Crippen molar-refractivity contribution in [3.63, 3.8) is 0 Å². The Morgan fingerprint density at radius 3 is 2.40 bits per heavy atom. The van der Waals surface area contributed by atoms with E-state index in [1.54, 1.807) is 30.3 Å². The number of hydrogen-bond donors (Lipinski definition) is 1. The molecule has 1 heterocycles. The Hall–Kier alpha value is -3.31. The van der Waals surface area contributed by atoms with Crippen LogP contribution in [-0.2, 0) is 21.3 Å².